The van der Waals surface area contributed by atoms with Gasteiger partial charge in [-0.1, -0.05) is 35.9 Å². The summed E-state index contributed by atoms with van der Waals surface area (Å²) in [5.74, 6) is 1.13. The zero-order chi connectivity index (χ0) is 29.3. The Kier molecular flexibility index (Phi) is 10.2. The van der Waals surface area contributed by atoms with Crippen molar-refractivity contribution in [1.29, 1.82) is 0 Å². The lowest BCUT2D eigenvalue weighted by Gasteiger charge is -2.31. The molecule has 2 aromatic carbocycles. The molecular formula is C31H37ClN6O4. The smallest absolute Gasteiger partial charge is 0.254 e. The second-order valence-electron chi connectivity index (χ2n) is 10.4. The van der Waals surface area contributed by atoms with E-state index in [4.69, 9.17) is 21.1 Å². The molecule has 2 fully saturated rings. The van der Waals surface area contributed by atoms with E-state index in [1.54, 1.807) is 36.3 Å². The van der Waals surface area contributed by atoms with Gasteiger partial charge in [-0.25, -0.2) is 0 Å². The van der Waals surface area contributed by atoms with Gasteiger partial charge in [-0.05, 0) is 42.8 Å². The van der Waals surface area contributed by atoms with Crippen molar-refractivity contribution in [2.75, 3.05) is 84.1 Å². The summed E-state index contributed by atoms with van der Waals surface area (Å²) < 4.78 is 10.8. The Morgan fingerprint density at radius 3 is 2.55 bits per heavy atom. The lowest BCUT2D eigenvalue weighted by atomic mass is 10.1. The Labute approximate surface area is 251 Å². The van der Waals surface area contributed by atoms with Crippen molar-refractivity contribution in [3.05, 3.63) is 71.2 Å². The highest BCUT2D eigenvalue weighted by Crippen LogP contribution is 2.26. The molecule has 2 aliphatic heterocycles. The Balaban J connectivity index is 1.22. The van der Waals surface area contributed by atoms with E-state index in [0.29, 0.717) is 68.0 Å². The molecule has 2 saturated heterocycles. The fourth-order valence-electron chi connectivity index (χ4n) is 5.24. The van der Waals surface area contributed by atoms with Crippen LogP contribution in [0.1, 0.15) is 16.8 Å². The monoisotopic (exact) mass is 592 g/mol. The highest BCUT2D eigenvalue weighted by atomic mass is 35.5. The molecule has 11 heteroatoms. The van der Waals surface area contributed by atoms with Crippen molar-refractivity contribution in [1.82, 2.24) is 24.9 Å². The predicted octanol–water partition coefficient (Wildman–Crippen LogP) is 3.32. The molecule has 0 aliphatic carbocycles. The molecule has 2 aliphatic rings. The summed E-state index contributed by atoms with van der Waals surface area (Å²) in [5.41, 5.74) is 2.06. The Hall–Kier alpha value is -3.73. The summed E-state index contributed by atoms with van der Waals surface area (Å²) >= 11 is 6.32. The van der Waals surface area contributed by atoms with E-state index in [1.807, 2.05) is 41.3 Å². The molecule has 0 atom stereocenters. The molecule has 0 radical (unpaired) electrons. The Morgan fingerprint density at radius 1 is 0.952 bits per heavy atom. The second-order valence-corrected chi connectivity index (χ2v) is 10.8. The predicted molar refractivity (Wildman–Crippen MR) is 162 cm³/mol. The number of rotatable bonds is 9. The molecule has 0 unspecified atom stereocenters. The van der Waals surface area contributed by atoms with Crippen molar-refractivity contribution in [3.63, 3.8) is 0 Å². The molecule has 42 heavy (non-hydrogen) atoms. The largest absolute Gasteiger partial charge is 0.497 e. The van der Waals surface area contributed by atoms with E-state index >= 15 is 0 Å². The van der Waals surface area contributed by atoms with Gasteiger partial charge in [0.1, 0.15) is 12.3 Å². The average molecular weight is 593 g/mol. The van der Waals surface area contributed by atoms with Crippen LogP contribution < -0.4 is 9.64 Å². The van der Waals surface area contributed by atoms with Crippen molar-refractivity contribution in [3.8, 4) is 17.0 Å². The van der Waals surface area contributed by atoms with Crippen molar-refractivity contribution in [2.45, 2.75) is 6.42 Å². The molecule has 0 saturated carbocycles. The lowest BCUT2D eigenvalue weighted by molar-refractivity contribution is -0.131. The number of methoxy groups -OCH3 is 1. The summed E-state index contributed by atoms with van der Waals surface area (Å²) in [7, 11) is 1.57. The third-order valence-electron chi connectivity index (χ3n) is 7.69. The number of hydrogen-bond donors (Lipinski definition) is 0. The first-order chi connectivity index (χ1) is 20.5. The van der Waals surface area contributed by atoms with Gasteiger partial charge in [0.25, 0.3) is 5.91 Å². The maximum absolute atomic E-state index is 13.6. The van der Waals surface area contributed by atoms with E-state index in [9.17, 15) is 9.59 Å². The molecule has 0 N–H and O–H groups in total. The van der Waals surface area contributed by atoms with Gasteiger partial charge in [-0.15, -0.1) is 10.2 Å². The van der Waals surface area contributed by atoms with Gasteiger partial charge in [0.2, 0.25) is 5.91 Å². The first-order valence-electron chi connectivity index (χ1n) is 14.4. The van der Waals surface area contributed by atoms with Crippen LogP contribution in [0.5, 0.6) is 5.75 Å². The molecule has 0 spiro atoms. The van der Waals surface area contributed by atoms with Gasteiger partial charge >= 0.3 is 0 Å². The van der Waals surface area contributed by atoms with E-state index in [-0.39, 0.29) is 18.4 Å². The number of benzene rings is 2. The van der Waals surface area contributed by atoms with Crippen molar-refractivity contribution >= 4 is 29.2 Å². The zero-order valence-electron chi connectivity index (χ0n) is 24.0. The highest BCUT2D eigenvalue weighted by molar-refractivity contribution is 6.33. The maximum atomic E-state index is 13.6. The fraction of sp³-hybridized carbons (Fsp3) is 0.419. The third-order valence-corrected chi connectivity index (χ3v) is 8.02. The average Bonchev–Trinajstić information content (AvgIpc) is 3.30. The van der Waals surface area contributed by atoms with Crippen LogP contribution >= 0.6 is 11.6 Å². The van der Waals surface area contributed by atoms with Crippen LogP contribution in [0.3, 0.4) is 0 Å². The number of morpholine rings is 1. The van der Waals surface area contributed by atoms with Crippen LogP contribution in [0, 0.1) is 0 Å². The molecule has 1 aromatic heterocycles. The SMILES string of the molecule is COc1cccc(C(=O)N(CCN2CCOCC2)CC(=O)N2CCCN(c3ccc(-c4ccccc4Cl)nn3)CC2)c1. The van der Waals surface area contributed by atoms with Gasteiger partial charge in [0.15, 0.2) is 5.82 Å². The number of ether oxygens (including phenoxy) is 2. The normalized spacial score (nSPS) is 16.1. The number of carbonyl (C=O) groups excluding carboxylic acids is 2. The van der Waals surface area contributed by atoms with Crippen LogP contribution in [-0.2, 0) is 9.53 Å². The van der Waals surface area contributed by atoms with Gasteiger partial charge in [-0.3, -0.25) is 14.5 Å². The van der Waals surface area contributed by atoms with Gasteiger partial charge in [0, 0.05) is 63.5 Å². The Morgan fingerprint density at radius 2 is 1.79 bits per heavy atom. The number of aromatic nitrogens is 2. The third kappa shape index (κ3) is 7.56. The maximum Gasteiger partial charge on any atom is 0.254 e. The van der Waals surface area contributed by atoms with Crippen LogP contribution in [0.2, 0.25) is 5.02 Å². The van der Waals surface area contributed by atoms with Crippen LogP contribution in [-0.4, -0.2) is 116 Å². The highest BCUT2D eigenvalue weighted by Gasteiger charge is 2.26. The summed E-state index contributed by atoms with van der Waals surface area (Å²) in [5, 5.41) is 9.50. The lowest BCUT2D eigenvalue weighted by Crippen LogP contribution is -2.47. The summed E-state index contributed by atoms with van der Waals surface area (Å²) in [6.45, 7) is 6.70. The zero-order valence-corrected chi connectivity index (χ0v) is 24.7. The van der Waals surface area contributed by atoms with E-state index in [2.05, 4.69) is 20.0 Å². The van der Waals surface area contributed by atoms with Crippen molar-refractivity contribution < 1.29 is 19.1 Å². The number of anilines is 1. The topological polar surface area (TPSA) is 91.3 Å². The number of halogens is 1. The molecule has 0 bridgehead atoms. The molecule has 3 heterocycles. The molecule has 222 valence electrons. The Bertz CT molecular complexity index is 1350. The summed E-state index contributed by atoms with van der Waals surface area (Å²) in [4.78, 5) is 35.1. The molecule has 5 rings (SSSR count). The minimum atomic E-state index is -0.180. The number of nitrogens with zero attached hydrogens (tertiary/aromatic N) is 6. The van der Waals surface area contributed by atoms with Crippen LogP contribution in [0.15, 0.2) is 60.7 Å². The fourth-order valence-corrected chi connectivity index (χ4v) is 5.48. The summed E-state index contributed by atoms with van der Waals surface area (Å²) in [6.07, 6.45) is 0.789. The minimum absolute atomic E-state index is 0.0206. The van der Waals surface area contributed by atoms with Gasteiger partial charge in [-0.2, -0.15) is 0 Å². The second kappa shape index (κ2) is 14.4. The first-order valence-corrected chi connectivity index (χ1v) is 14.7. The van der Waals surface area contributed by atoms with Crippen LogP contribution in [0.25, 0.3) is 11.3 Å². The number of carbonyl (C=O) groups is 2. The minimum Gasteiger partial charge on any atom is -0.497 e. The standard InChI is InChI=1S/C31H37ClN6O4/c1-41-25-7-4-6-24(22-25)31(40)38(15-14-35-18-20-42-21-19-35)23-30(39)37-13-5-12-36(16-17-37)29-11-10-28(33-34-29)26-8-2-3-9-27(26)32/h2-4,6-11,22H,5,12-21,23H2,1H3. The quantitative estimate of drug-likeness (QED) is 0.374. The molecule has 10 nitrogen and oxygen atoms in total. The van der Waals surface area contributed by atoms with Gasteiger partial charge < -0.3 is 24.2 Å². The molecule has 2 amide bonds. The van der Waals surface area contributed by atoms with Crippen LogP contribution in [0.4, 0.5) is 5.82 Å². The summed E-state index contributed by atoms with van der Waals surface area (Å²) in [6, 6.07) is 18.5. The number of hydrogen-bond acceptors (Lipinski definition) is 8. The molecular weight excluding hydrogens is 556 g/mol. The van der Waals surface area contributed by atoms with E-state index < -0.39 is 0 Å². The first kappa shape index (κ1) is 29.8. The van der Waals surface area contributed by atoms with E-state index in [1.165, 1.54) is 0 Å². The van der Waals surface area contributed by atoms with Crippen molar-refractivity contribution in [2.24, 2.45) is 0 Å². The molecule has 3 aromatic rings. The number of amides is 2. The van der Waals surface area contributed by atoms with Gasteiger partial charge in [0.05, 0.1) is 31.0 Å². The van der Waals surface area contributed by atoms with E-state index in [0.717, 1.165) is 37.4 Å².